The van der Waals surface area contributed by atoms with Crippen molar-refractivity contribution in [3.8, 4) is 11.5 Å². The normalized spacial score (nSPS) is 24.6. The maximum atomic E-state index is 10.4. The number of fused-ring (bicyclic) bond motifs is 1. The second-order valence-corrected chi connectivity index (χ2v) is 4.97. The minimum Gasteiger partial charge on any atom is -0.454 e. The quantitative estimate of drug-likeness (QED) is 0.841. The van der Waals surface area contributed by atoms with E-state index in [4.69, 9.17) is 9.47 Å². The molecular formula is C14H19NO3. The van der Waals surface area contributed by atoms with Crippen LogP contribution in [0.4, 0.5) is 0 Å². The van der Waals surface area contributed by atoms with Crippen molar-refractivity contribution < 1.29 is 14.6 Å². The Morgan fingerprint density at radius 2 is 2.06 bits per heavy atom. The third-order valence-corrected chi connectivity index (χ3v) is 3.72. The highest BCUT2D eigenvalue weighted by Gasteiger charge is 2.23. The molecule has 2 heterocycles. The van der Waals surface area contributed by atoms with E-state index in [1.165, 1.54) is 19.3 Å². The molecule has 0 radical (unpaired) electrons. The molecule has 1 aromatic rings. The summed E-state index contributed by atoms with van der Waals surface area (Å²) in [6.07, 6.45) is 4.17. The number of hydrogen-bond acceptors (Lipinski definition) is 4. The molecule has 0 bridgehead atoms. The Labute approximate surface area is 107 Å². The van der Waals surface area contributed by atoms with Crippen LogP contribution < -0.4 is 14.8 Å². The molecule has 18 heavy (non-hydrogen) atoms. The molecule has 2 aliphatic rings. The van der Waals surface area contributed by atoms with Gasteiger partial charge in [0.25, 0.3) is 0 Å². The third-order valence-electron chi connectivity index (χ3n) is 3.72. The minimum atomic E-state index is -0.474. The Kier molecular flexibility index (Phi) is 3.39. The lowest BCUT2D eigenvalue weighted by atomic mass is 9.98. The van der Waals surface area contributed by atoms with Crippen molar-refractivity contribution >= 4 is 0 Å². The van der Waals surface area contributed by atoms with E-state index < -0.39 is 6.10 Å². The van der Waals surface area contributed by atoms with Gasteiger partial charge < -0.3 is 19.9 Å². The van der Waals surface area contributed by atoms with Gasteiger partial charge in [0, 0.05) is 6.04 Å². The van der Waals surface area contributed by atoms with Gasteiger partial charge in [0.15, 0.2) is 11.5 Å². The molecule has 4 heteroatoms. The second-order valence-electron chi connectivity index (χ2n) is 4.97. The summed E-state index contributed by atoms with van der Waals surface area (Å²) in [7, 11) is 0. The first-order chi connectivity index (χ1) is 8.84. The topological polar surface area (TPSA) is 50.7 Å². The average Bonchev–Trinajstić information content (AvgIpc) is 2.69. The third kappa shape index (κ3) is 2.31. The molecule has 2 unspecified atom stereocenters. The first-order valence-corrected chi connectivity index (χ1v) is 6.65. The molecule has 0 amide bonds. The van der Waals surface area contributed by atoms with Crippen molar-refractivity contribution in [2.45, 2.75) is 37.8 Å². The van der Waals surface area contributed by atoms with Crippen LogP contribution in [-0.4, -0.2) is 24.5 Å². The summed E-state index contributed by atoms with van der Waals surface area (Å²) in [5.41, 5.74) is 0.902. The van der Waals surface area contributed by atoms with Crippen LogP contribution in [0.25, 0.3) is 0 Å². The predicted molar refractivity (Wildman–Crippen MR) is 67.8 cm³/mol. The highest BCUT2D eigenvalue weighted by molar-refractivity contribution is 5.45. The van der Waals surface area contributed by atoms with Crippen LogP contribution >= 0.6 is 0 Å². The fourth-order valence-electron chi connectivity index (χ4n) is 2.65. The van der Waals surface area contributed by atoms with Crippen LogP contribution in [0.3, 0.4) is 0 Å². The lowest BCUT2D eigenvalue weighted by Crippen LogP contribution is -2.34. The van der Waals surface area contributed by atoms with Gasteiger partial charge in [-0.1, -0.05) is 18.9 Å². The molecular weight excluding hydrogens is 230 g/mol. The SMILES string of the molecule is OC(c1ccc2c(c1)OCO2)C1CCCCCN1. The largest absolute Gasteiger partial charge is 0.454 e. The van der Waals surface area contributed by atoms with Crippen LogP contribution in [0.5, 0.6) is 11.5 Å². The molecule has 0 saturated carbocycles. The Bertz CT molecular complexity index is 414. The molecule has 1 fully saturated rings. The summed E-state index contributed by atoms with van der Waals surface area (Å²) < 4.78 is 10.6. The minimum absolute atomic E-state index is 0.146. The molecule has 0 aromatic heterocycles. The molecule has 3 rings (SSSR count). The first-order valence-electron chi connectivity index (χ1n) is 6.65. The van der Waals surface area contributed by atoms with Gasteiger partial charge in [-0.15, -0.1) is 0 Å². The highest BCUT2D eigenvalue weighted by atomic mass is 16.7. The van der Waals surface area contributed by atoms with Crippen LogP contribution in [0.2, 0.25) is 0 Å². The van der Waals surface area contributed by atoms with Crippen LogP contribution in [0, 0.1) is 0 Å². The number of aliphatic hydroxyl groups excluding tert-OH is 1. The summed E-state index contributed by atoms with van der Waals surface area (Å²) in [6, 6.07) is 5.83. The molecule has 1 saturated heterocycles. The number of nitrogens with one attached hydrogen (secondary N) is 1. The number of hydrogen-bond donors (Lipinski definition) is 2. The van der Waals surface area contributed by atoms with Gasteiger partial charge in [-0.05, 0) is 37.1 Å². The molecule has 4 nitrogen and oxygen atoms in total. The van der Waals surface area contributed by atoms with Gasteiger partial charge in [-0.2, -0.15) is 0 Å². The lowest BCUT2D eigenvalue weighted by Gasteiger charge is -2.22. The van der Waals surface area contributed by atoms with E-state index in [1.54, 1.807) is 0 Å². The van der Waals surface area contributed by atoms with E-state index in [9.17, 15) is 5.11 Å². The molecule has 1 aromatic carbocycles. The van der Waals surface area contributed by atoms with Crippen molar-refractivity contribution in [3.05, 3.63) is 23.8 Å². The number of benzene rings is 1. The maximum absolute atomic E-state index is 10.4. The second kappa shape index (κ2) is 5.16. The zero-order chi connectivity index (χ0) is 12.4. The standard InChI is InChI=1S/C14H19NO3/c16-14(11-4-2-1-3-7-15-11)10-5-6-12-13(8-10)18-9-17-12/h5-6,8,11,14-16H,1-4,7,9H2. The van der Waals surface area contributed by atoms with E-state index in [1.807, 2.05) is 18.2 Å². The number of ether oxygens (including phenoxy) is 2. The Hall–Kier alpha value is -1.26. The van der Waals surface area contributed by atoms with Crippen LogP contribution in [0.1, 0.15) is 37.4 Å². The summed E-state index contributed by atoms with van der Waals surface area (Å²) in [6.45, 7) is 1.27. The van der Waals surface area contributed by atoms with Gasteiger partial charge in [-0.25, -0.2) is 0 Å². The van der Waals surface area contributed by atoms with Crippen molar-refractivity contribution in [2.75, 3.05) is 13.3 Å². The number of aliphatic hydroxyl groups is 1. The van der Waals surface area contributed by atoms with Gasteiger partial charge in [0.05, 0.1) is 6.10 Å². The van der Waals surface area contributed by atoms with E-state index >= 15 is 0 Å². The Balaban J connectivity index is 1.76. The van der Waals surface area contributed by atoms with Gasteiger partial charge in [0.2, 0.25) is 6.79 Å². The fraction of sp³-hybridized carbons (Fsp3) is 0.571. The summed E-state index contributed by atoms with van der Waals surface area (Å²) in [5, 5.41) is 13.9. The fourth-order valence-corrected chi connectivity index (χ4v) is 2.65. The Morgan fingerprint density at radius 1 is 1.17 bits per heavy atom. The molecule has 2 N–H and O–H groups in total. The van der Waals surface area contributed by atoms with Crippen molar-refractivity contribution in [1.29, 1.82) is 0 Å². The lowest BCUT2D eigenvalue weighted by molar-refractivity contribution is 0.126. The zero-order valence-corrected chi connectivity index (χ0v) is 10.4. The van der Waals surface area contributed by atoms with E-state index in [0.717, 1.165) is 30.0 Å². The molecule has 98 valence electrons. The smallest absolute Gasteiger partial charge is 0.231 e. The molecule has 0 spiro atoms. The van der Waals surface area contributed by atoms with Crippen LogP contribution in [-0.2, 0) is 0 Å². The first kappa shape index (κ1) is 11.8. The van der Waals surface area contributed by atoms with Crippen LogP contribution in [0.15, 0.2) is 18.2 Å². The monoisotopic (exact) mass is 249 g/mol. The van der Waals surface area contributed by atoms with Crippen molar-refractivity contribution in [2.24, 2.45) is 0 Å². The highest BCUT2D eigenvalue weighted by Crippen LogP contribution is 2.35. The summed E-state index contributed by atoms with van der Waals surface area (Å²) in [4.78, 5) is 0. The van der Waals surface area contributed by atoms with Gasteiger partial charge >= 0.3 is 0 Å². The molecule has 2 atom stereocenters. The van der Waals surface area contributed by atoms with E-state index in [2.05, 4.69) is 5.32 Å². The maximum Gasteiger partial charge on any atom is 0.231 e. The van der Waals surface area contributed by atoms with Crippen molar-refractivity contribution in [1.82, 2.24) is 5.32 Å². The predicted octanol–water partition coefficient (Wildman–Crippen LogP) is 1.98. The number of rotatable bonds is 2. The van der Waals surface area contributed by atoms with Crippen molar-refractivity contribution in [3.63, 3.8) is 0 Å². The van der Waals surface area contributed by atoms with E-state index in [0.29, 0.717) is 0 Å². The van der Waals surface area contributed by atoms with Gasteiger partial charge in [-0.3, -0.25) is 0 Å². The average molecular weight is 249 g/mol. The van der Waals surface area contributed by atoms with E-state index in [-0.39, 0.29) is 12.8 Å². The molecule has 0 aliphatic carbocycles. The summed E-state index contributed by atoms with van der Waals surface area (Å²) >= 11 is 0. The summed E-state index contributed by atoms with van der Waals surface area (Å²) in [5.74, 6) is 1.50. The van der Waals surface area contributed by atoms with Gasteiger partial charge in [0.1, 0.15) is 0 Å². The zero-order valence-electron chi connectivity index (χ0n) is 10.4. The Morgan fingerprint density at radius 3 is 3.00 bits per heavy atom. The molecule has 2 aliphatic heterocycles.